The zero-order valence-electron chi connectivity index (χ0n) is 13.3. The fourth-order valence-corrected chi connectivity index (χ4v) is 2.42. The first-order valence-corrected chi connectivity index (χ1v) is 7.25. The molecule has 0 saturated carbocycles. The van der Waals surface area contributed by atoms with E-state index in [2.05, 4.69) is 0 Å². The quantitative estimate of drug-likeness (QED) is 0.803. The van der Waals surface area contributed by atoms with E-state index < -0.39 is 11.7 Å². The van der Waals surface area contributed by atoms with Gasteiger partial charge in [-0.05, 0) is 26.8 Å². The van der Waals surface area contributed by atoms with Gasteiger partial charge in [-0.15, -0.1) is 0 Å². The first kappa shape index (κ1) is 16.4. The van der Waals surface area contributed by atoms with Crippen LogP contribution < -0.4 is 0 Å². The summed E-state index contributed by atoms with van der Waals surface area (Å²) in [6.45, 7) is 5.31. The van der Waals surface area contributed by atoms with Crippen molar-refractivity contribution in [2.75, 3.05) is 14.1 Å². The maximum absolute atomic E-state index is 12.5. The highest BCUT2D eigenvalue weighted by Gasteiger charge is 2.29. The molecule has 1 amide bonds. The molecule has 1 aromatic carbocycles. The van der Waals surface area contributed by atoms with Gasteiger partial charge in [0.1, 0.15) is 11.3 Å². The number of benzene rings is 1. The highest BCUT2D eigenvalue weighted by molar-refractivity contribution is 6.39. The Morgan fingerprint density at radius 1 is 1.18 bits per heavy atom. The van der Waals surface area contributed by atoms with Crippen molar-refractivity contribution in [1.82, 2.24) is 9.47 Å². The minimum absolute atomic E-state index is 0.113. The van der Waals surface area contributed by atoms with E-state index in [4.69, 9.17) is 16.3 Å². The first-order chi connectivity index (χ1) is 10.1. The number of hydrogen-bond acceptors (Lipinski definition) is 3. The molecule has 0 aliphatic heterocycles. The van der Waals surface area contributed by atoms with Crippen molar-refractivity contribution in [3.05, 3.63) is 35.0 Å². The van der Waals surface area contributed by atoms with Crippen molar-refractivity contribution in [3.8, 4) is 0 Å². The van der Waals surface area contributed by atoms with Gasteiger partial charge < -0.3 is 9.64 Å². The van der Waals surface area contributed by atoms with Gasteiger partial charge in [0, 0.05) is 19.5 Å². The summed E-state index contributed by atoms with van der Waals surface area (Å²) >= 11 is 6.34. The summed E-state index contributed by atoms with van der Waals surface area (Å²) in [6, 6.07) is 7.09. The van der Waals surface area contributed by atoms with E-state index in [1.165, 1.54) is 9.47 Å². The number of aromatic nitrogens is 1. The Kier molecular flexibility index (Phi) is 4.20. The van der Waals surface area contributed by atoms with Gasteiger partial charge in [0.05, 0.1) is 10.5 Å². The molecule has 0 saturated heterocycles. The van der Waals surface area contributed by atoms with Crippen LogP contribution in [0.25, 0.3) is 10.9 Å². The van der Waals surface area contributed by atoms with Gasteiger partial charge in [0.15, 0.2) is 0 Å². The fourth-order valence-electron chi connectivity index (χ4n) is 2.10. The Morgan fingerprint density at radius 3 is 2.32 bits per heavy atom. The minimum Gasteiger partial charge on any atom is -0.443 e. The number of carbonyl (C=O) groups is 2. The molecule has 1 heterocycles. The molecule has 0 fully saturated rings. The van der Waals surface area contributed by atoms with Crippen molar-refractivity contribution in [2.24, 2.45) is 0 Å². The third-order valence-electron chi connectivity index (χ3n) is 3.00. The van der Waals surface area contributed by atoms with Gasteiger partial charge in [0.2, 0.25) is 0 Å². The van der Waals surface area contributed by atoms with Crippen molar-refractivity contribution in [3.63, 3.8) is 0 Å². The second kappa shape index (κ2) is 5.65. The lowest BCUT2D eigenvalue weighted by Crippen LogP contribution is -2.31. The zero-order chi connectivity index (χ0) is 16.7. The maximum atomic E-state index is 12.5. The van der Waals surface area contributed by atoms with Crippen LogP contribution >= 0.6 is 11.6 Å². The van der Waals surface area contributed by atoms with Crippen LogP contribution in [0.15, 0.2) is 24.3 Å². The van der Waals surface area contributed by atoms with E-state index in [-0.39, 0.29) is 16.6 Å². The minimum atomic E-state index is -0.673. The molecule has 22 heavy (non-hydrogen) atoms. The van der Waals surface area contributed by atoms with E-state index in [1.807, 2.05) is 0 Å². The molecule has 2 aromatic rings. The number of hydrogen-bond donors (Lipinski definition) is 0. The Bertz CT molecular complexity index is 742. The lowest BCUT2D eigenvalue weighted by Gasteiger charge is -2.21. The monoisotopic (exact) mass is 322 g/mol. The van der Waals surface area contributed by atoms with Gasteiger partial charge in [-0.1, -0.05) is 29.8 Å². The normalized spacial score (nSPS) is 11.5. The number of amides is 1. The second-order valence-corrected chi connectivity index (χ2v) is 6.57. The fraction of sp³-hybridized carbons (Fsp3) is 0.375. The highest BCUT2D eigenvalue weighted by atomic mass is 35.5. The molecule has 0 aliphatic carbocycles. The molecule has 0 atom stereocenters. The molecule has 118 valence electrons. The average Bonchev–Trinajstić information content (AvgIpc) is 2.70. The average molecular weight is 323 g/mol. The topological polar surface area (TPSA) is 51.5 Å². The maximum Gasteiger partial charge on any atom is 0.419 e. The molecular formula is C16H19ClN2O3. The van der Waals surface area contributed by atoms with Gasteiger partial charge >= 0.3 is 6.09 Å². The summed E-state index contributed by atoms with van der Waals surface area (Å²) in [5, 5.41) is 0.889. The third-order valence-corrected chi connectivity index (χ3v) is 3.38. The summed E-state index contributed by atoms with van der Waals surface area (Å²) in [6.07, 6.45) is -0.624. The van der Waals surface area contributed by atoms with Gasteiger partial charge in [-0.3, -0.25) is 4.79 Å². The number of ether oxygens (including phenoxy) is 1. The van der Waals surface area contributed by atoms with Gasteiger partial charge in [0.25, 0.3) is 5.91 Å². The largest absolute Gasteiger partial charge is 0.443 e. The van der Waals surface area contributed by atoms with E-state index >= 15 is 0 Å². The van der Waals surface area contributed by atoms with Crippen LogP contribution in [0.3, 0.4) is 0 Å². The molecule has 6 heteroatoms. The molecular weight excluding hydrogens is 304 g/mol. The molecule has 0 N–H and O–H groups in total. The Labute approximate surface area is 134 Å². The van der Waals surface area contributed by atoms with Crippen molar-refractivity contribution >= 4 is 34.5 Å². The number of fused-ring (bicyclic) bond motifs is 1. The predicted molar refractivity (Wildman–Crippen MR) is 86.6 cm³/mol. The summed E-state index contributed by atoms with van der Waals surface area (Å²) in [5.74, 6) is -0.355. The lowest BCUT2D eigenvalue weighted by molar-refractivity contribution is 0.0528. The SMILES string of the molecule is CN(C)C(=O)c1c(Cl)c2ccccc2n1C(=O)OC(C)(C)C. The van der Waals surface area contributed by atoms with Gasteiger partial charge in [-0.2, -0.15) is 0 Å². The van der Waals surface area contributed by atoms with E-state index in [9.17, 15) is 9.59 Å². The number of para-hydroxylation sites is 1. The van der Waals surface area contributed by atoms with Crippen LogP contribution in [0.5, 0.6) is 0 Å². The number of nitrogens with zero attached hydrogens (tertiary/aromatic N) is 2. The van der Waals surface area contributed by atoms with Crippen LogP contribution in [0.1, 0.15) is 31.3 Å². The van der Waals surface area contributed by atoms with Crippen LogP contribution in [-0.4, -0.2) is 41.2 Å². The molecule has 0 radical (unpaired) electrons. The summed E-state index contributed by atoms with van der Waals surface area (Å²) in [4.78, 5) is 26.4. The summed E-state index contributed by atoms with van der Waals surface area (Å²) in [5.41, 5.74) is -0.0121. The van der Waals surface area contributed by atoms with Crippen LogP contribution in [0.4, 0.5) is 4.79 Å². The number of halogens is 1. The zero-order valence-corrected chi connectivity index (χ0v) is 14.1. The smallest absolute Gasteiger partial charge is 0.419 e. The molecule has 0 unspecified atom stereocenters. The van der Waals surface area contributed by atoms with Crippen LogP contribution in [0.2, 0.25) is 5.02 Å². The van der Waals surface area contributed by atoms with Crippen molar-refractivity contribution < 1.29 is 14.3 Å². The third kappa shape index (κ3) is 2.95. The number of rotatable bonds is 1. The van der Waals surface area contributed by atoms with E-state index in [0.29, 0.717) is 10.9 Å². The molecule has 1 aromatic heterocycles. The van der Waals surface area contributed by atoms with Crippen molar-refractivity contribution in [2.45, 2.75) is 26.4 Å². The van der Waals surface area contributed by atoms with Crippen LogP contribution in [0, 0.1) is 0 Å². The van der Waals surface area contributed by atoms with Crippen molar-refractivity contribution in [1.29, 1.82) is 0 Å². The lowest BCUT2D eigenvalue weighted by atomic mass is 10.2. The molecule has 0 spiro atoms. The standard InChI is InChI=1S/C16H19ClN2O3/c1-16(2,3)22-15(21)19-11-9-7-6-8-10(11)12(17)13(19)14(20)18(4)5/h6-9H,1-5H3. The molecule has 5 nitrogen and oxygen atoms in total. The van der Waals surface area contributed by atoms with Crippen LogP contribution in [-0.2, 0) is 4.74 Å². The number of carbonyl (C=O) groups excluding carboxylic acids is 2. The Hall–Kier alpha value is -2.01. The summed E-state index contributed by atoms with van der Waals surface area (Å²) in [7, 11) is 3.21. The molecule has 2 rings (SSSR count). The van der Waals surface area contributed by atoms with E-state index in [0.717, 1.165) is 0 Å². The van der Waals surface area contributed by atoms with Gasteiger partial charge in [-0.25, -0.2) is 9.36 Å². The molecule has 0 bridgehead atoms. The predicted octanol–water partition coefficient (Wildman–Crippen LogP) is 3.78. The molecule has 0 aliphatic rings. The first-order valence-electron chi connectivity index (χ1n) is 6.87. The summed E-state index contributed by atoms with van der Waals surface area (Å²) < 4.78 is 6.65. The highest BCUT2D eigenvalue weighted by Crippen LogP contribution is 2.32. The van der Waals surface area contributed by atoms with E-state index in [1.54, 1.807) is 59.1 Å². The Balaban J connectivity index is 2.72. The second-order valence-electron chi connectivity index (χ2n) is 6.20. The Morgan fingerprint density at radius 2 is 1.77 bits per heavy atom.